The molecule has 7 nitrogen and oxygen atoms in total. The first kappa shape index (κ1) is 27.9. The smallest absolute Gasteiger partial charge is 0.264 e. The first-order chi connectivity index (χ1) is 18.1. The Morgan fingerprint density at radius 1 is 1.03 bits per heavy atom. The van der Waals surface area contributed by atoms with Gasteiger partial charge in [-0.3, -0.25) is 9.10 Å². The van der Waals surface area contributed by atoms with Crippen LogP contribution in [0.1, 0.15) is 17.0 Å². The van der Waals surface area contributed by atoms with E-state index < -0.39 is 22.5 Å². The lowest BCUT2D eigenvalue weighted by atomic mass is 10.2. The molecule has 0 fully saturated rings. The van der Waals surface area contributed by atoms with Crippen LogP contribution >= 0.6 is 39.1 Å². The van der Waals surface area contributed by atoms with Crippen molar-refractivity contribution in [2.75, 3.05) is 10.8 Å². The molecule has 0 aliphatic heterocycles. The number of hydrogen-bond donors (Lipinski definition) is 1. The fraction of sp³-hybridized carbons (Fsp3) is 0.111. The minimum Gasteiger partial charge on any atom is -0.318 e. The molecule has 38 heavy (non-hydrogen) atoms. The van der Waals surface area contributed by atoms with Crippen LogP contribution < -0.4 is 9.73 Å². The fourth-order valence-corrected chi connectivity index (χ4v) is 6.38. The predicted molar refractivity (Wildman–Crippen MR) is 156 cm³/mol. The molecular formula is C27H23BrCl2N4O3S. The monoisotopic (exact) mass is 632 g/mol. The van der Waals surface area contributed by atoms with Gasteiger partial charge in [-0.25, -0.2) is 13.8 Å². The predicted octanol–water partition coefficient (Wildman–Crippen LogP) is 6.51. The summed E-state index contributed by atoms with van der Waals surface area (Å²) in [6, 6.07) is 22.0. The van der Waals surface area contributed by atoms with Crippen LogP contribution in [0.25, 0.3) is 5.69 Å². The normalized spacial score (nSPS) is 11.6. The first-order valence-electron chi connectivity index (χ1n) is 11.4. The molecule has 4 aromatic rings. The van der Waals surface area contributed by atoms with Crippen molar-refractivity contribution in [3.8, 4) is 5.69 Å². The summed E-state index contributed by atoms with van der Waals surface area (Å²) in [5, 5.41) is 4.51. The molecule has 196 valence electrons. The summed E-state index contributed by atoms with van der Waals surface area (Å²) in [7, 11) is -4.12. The van der Waals surface area contributed by atoms with E-state index in [4.69, 9.17) is 23.2 Å². The lowest BCUT2D eigenvalue weighted by molar-refractivity contribution is -0.119. The van der Waals surface area contributed by atoms with E-state index in [1.54, 1.807) is 18.2 Å². The molecule has 4 rings (SSSR count). The second-order valence-corrected chi connectivity index (χ2v) is 12.0. The lowest BCUT2D eigenvalue weighted by Gasteiger charge is -2.24. The Labute approximate surface area is 239 Å². The topological polar surface area (TPSA) is 83.8 Å². The van der Waals surface area contributed by atoms with Crippen LogP contribution in [0.3, 0.4) is 0 Å². The van der Waals surface area contributed by atoms with Crippen LogP contribution in [-0.4, -0.2) is 31.7 Å². The number of amides is 1. The highest BCUT2D eigenvalue weighted by Gasteiger charge is 2.28. The zero-order chi connectivity index (χ0) is 27.4. The molecule has 0 bridgehead atoms. The number of benzene rings is 3. The number of hydrazone groups is 1. The number of nitrogens with one attached hydrogen (secondary N) is 1. The average molecular weight is 634 g/mol. The molecule has 11 heteroatoms. The minimum atomic E-state index is -4.12. The maximum atomic E-state index is 13.5. The molecule has 0 atom stereocenters. The summed E-state index contributed by atoms with van der Waals surface area (Å²) in [6.07, 6.45) is 1.53. The van der Waals surface area contributed by atoms with E-state index >= 15 is 0 Å². The Balaban J connectivity index is 1.57. The van der Waals surface area contributed by atoms with E-state index in [9.17, 15) is 13.2 Å². The number of nitrogens with zero attached hydrogens (tertiary/aromatic N) is 3. The number of halogens is 3. The van der Waals surface area contributed by atoms with Crippen molar-refractivity contribution >= 4 is 67.0 Å². The molecule has 0 saturated carbocycles. The maximum absolute atomic E-state index is 13.5. The van der Waals surface area contributed by atoms with Gasteiger partial charge >= 0.3 is 0 Å². The summed E-state index contributed by atoms with van der Waals surface area (Å²) < 4.78 is 30.9. The van der Waals surface area contributed by atoms with Gasteiger partial charge in [-0.2, -0.15) is 5.10 Å². The Kier molecular flexibility index (Phi) is 8.62. The average Bonchev–Trinajstić information content (AvgIpc) is 3.16. The van der Waals surface area contributed by atoms with Crippen LogP contribution in [-0.2, 0) is 14.8 Å². The summed E-state index contributed by atoms with van der Waals surface area (Å²) in [6.45, 7) is 3.38. The van der Waals surface area contributed by atoms with Crippen molar-refractivity contribution in [3.05, 3.63) is 110 Å². The van der Waals surface area contributed by atoms with E-state index in [0.29, 0.717) is 5.02 Å². The number of rotatable bonds is 8. The molecular weight excluding hydrogens is 611 g/mol. The Morgan fingerprint density at radius 2 is 1.76 bits per heavy atom. The van der Waals surface area contributed by atoms with Gasteiger partial charge in [0.05, 0.1) is 21.8 Å². The Bertz CT molecular complexity index is 1620. The lowest BCUT2D eigenvalue weighted by Crippen LogP contribution is -2.39. The van der Waals surface area contributed by atoms with Gasteiger partial charge in [0.1, 0.15) is 6.54 Å². The number of sulfonamides is 1. The summed E-state index contributed by atoms with van der Waals surface area (Å²) in [4.78, 5) is 12.9. The zero-order valence-corrected chi connectivity index (χ0v) is 24.3. The van der Waals surface area contributed by atoms with Crippen molar-refractivity contribution in [2.45, 2.75) is 18.7 Å². The summed E-state index contributed by atoms with van der Waals surface area (Å²) >= 11 is 15.8. The number of hydrogen-bond acceptors (Lipinski definition) is 4. The van der Waals surface area contributed by atoms with E-state index in [2.05, 4.69) is 31.0 Å². The zero-order valence-electron chi connectivity index (χ0n) is 20.4. The van der Waals surface area contributed by atoms with Crippen molar-refractivity contribution in [1.82, 2.24) is 9.99 Å². The van der Waals surface area contributed by atoms with Gasteiger partial charge in [-0.05, 0) is 68.4 Å². The Morgan fingerprint density at radius 3 is 2.45 bits per heavy atom. The van der Waals surface area contributed by atoms with E-state index in [1.807, 2.05) is 44.2 Å². The van der Waals surface area contributed by atoms with Crippen molar-refractivity contribution in [3.63, 3.8) is 0 Å². The number of aromatic nitrogens is 1. The second-order valence-electron chi connectivity index (χ2n) is 8.36. The highest BCUT2D eigenvalue weighted by Crippen LogP contribution is 2.32. The molecule has 1 heterocycles. The van der Waals surface area contributed by atoms with E-state index in [0.717, 1.165) is 31.4 Å². The van der Waals surface area contributed by atoms with Gasteiger partial charge in [0.25, 0.3) is 15.9 Å². The summed E-state index contributed by atoms with van der Waals surface area (Å²) in [5.41, 5.74) is 6.26. The van der Waals surface area contributed by atoms with Gasteiger partial charge < -0.3 is 4.57 Å². The molecule has 1 amide bonds. The van der Waals surface area contributed by atoms with Gasteiger partial charge in [0.15, 0.2) is 0 Å². The first-order valence-corrected chi connectivity index (χ1v) is 14.4. The van der Waals surface area contributed by atoms with Gasteiger partial charge in [-0.15, -0.1) is 0 Å². The van der Waals surface area contributed by atoms with Gasteiger partial charge in [0, 0.05) is 32.1 Å². The molecule has 0 saturated heterocycles. The van der Waals surface area contributed by atoms with Crippen molar-refractivity contribution in [1.29, 1.82) is 0 Å². The van der Waals surface area contributed by atoms with Crippen LogP contribution in [0, 0.1) is 13.8 Å². The molecule has 0 radical (unpaired) electrons. The Hall–Kier alpha value is -3.11. The molecule has 0 spiro atoms. The highest BCUT2D eigenvalue weighted by molar-refractivity contribution is 9.10. The highest BCUT2D eigenvalue weighted by atomic mass is 79.9. The molecule has 0 aliphatic carbocycles. The molecule has 3 aromatic carbocycles. The van der Waals surface area contributed by atoms with E-state index in [-0.39, 0.29) is 15.6 Å². The molecule has 0 unspecified atom stereocenters. The third-order valence-corrected chi connectivity index (χ3v) is 8.53. The van der Waals surface area contributed by atoms with E-state index in [1.165, 1.54) is 36.5 Å². The maximum Gasteiger partial charge on any atom is 0.264 e. The fourth-order valence-electron chi connectivity index (χ4n) is 3.97. The molecule has 1 aromatic heterocycles. The quantitative estimate of drug-likeness (QED) is 0.177. The molecule has 1 N–H and O–H groups in total. The SMILES string of the molecule is Cc1cc(/C=N\NC(=O)CN(c2ccc(Cl)cc2Cl)S(=O)(=O)c2ccccc2)c(C)n1-c1cccc(Br)c1. The molecule has 0 aliphatic rings. The number of carbonyl (C=O) groups is 1. The number of carbonyl (C=O) groups excluding carboxylic acids is 1. The number of aryl methyl sites for hydroxylation is 1. The van der Waals surface area contributed by atoms with Crippen LogP contribution in [0.15, 0.2) is 93.3 Å². The second kappa shape index (κ2) is 11.7. The van der Waals surface area contributed by atoms with Crippen molar-refractivity contribution < 1.29 is 13.2 Å². The summed E-state index contributed by atoms with van der Waals surface area (Å²) in [5.74, 6) is -0.646. The minimum absolute atomic E-state index is 0.0160. The third kappa shape index (κ3) is 6.13. The van der Waals surface area contributed by atoms with Gasteiger partial charge in [0.2, 0.25) is 0 Å². The third-order valence-electron chi connectivity index (χ3n) is 5.73. The van der Waals surface area contributed by atoms with Crippen molar-refractivity contribution in [2.24, 2.45) is 5.10 Å². The number of anilines is 1. The largest absolute Gasteiger partial charge is 0.318 e. The van der Waals surface area contributed by atoms with Crippen LogP contribution in [0.2, 0.25) is 10.0 Å². The standard InChI is InChI=1S/C27H23BrCl2N4O3S/c1-18-13-20(19(2)34(18)23-8-6-7-21(28)14-23)16-31-32-27(35)17-33(26-12-11-22(29)15-25(26)30)38(36,37)24-9-4-3-5-10-24/h3-16H,17H2,1-2H3,(H,32,35)/b31-16-. The van der Waals surface area contributed by atoms with Gasteiger partial charge in [-0.1, -0.05) is 63.4 Å². The van der Waals surface area contributed by atoms with Crippen LogP contribution in [0.5, 0.6) is 0 Å². The van der Waals surface area contributed by atoms with Crippen LogP contribution in [0.4, 0.5) is 5.69 Å².